The zero-order chi connectivity index (χ0) is 34.8. The van der Waals surface area contributed by atoms with Crippen LogP contribution in [0.1, 0.15) is 140 Å². The predicted molar refractivity (Wildman–Crippen MR) is 194 cm³/mol. The standard InChI is InChI=1S/C21H29FO2.C21H30O2/c1-5-6-7-8-15-12-18(23)19(21(24)20(15)22)17-11-14(4)9-10-16(17)13(2)3;1-5-6-7-8-16-12-19(22)21(20(23)13-16)18-11-15(4)9-10-17(18)14(2)3/h11-12,16-17,23-24H,2,5-10H2,1,3-4H3;11-13,17-18,22-23H,2,5-10H2,1,3-4H3/t16-,17?;17-,18?/m00/s1. The Morgan fingerprint density at radius 1 is 0.702 bits per heavy atom. The normalized spacial score (nSPS) is 20.9. The summed E-state index contributed by atoms with van der Waals surface area (Å²) in [6, 6.07) is 5.16. The Morgan fingerprint density at radius 2 is 1.15 bits per heavy atom. The summed E-state index contributed by atoms with van der Waals surface area (Å²) in [6.07, 6.45) is 15.9. The van der Waals surface area contributed by atoms with Gasteiger partial charge in [-0.1, -0.05) is 87.1 Å². The van der Waals surface area contributed by atoms with Gasteiger partial charge in [-0.05, 0) is 120 Å². The van der Waals surface area contributed by atoms with Gasteiger partial charge in [0.05, 0.1) is 0 Å². The van der Waals surface area contributed by atoms with Crippen LogP contribution in [0, 0.1) is 17.7 Å². The molecule has 4 nitrogen and oxygen atoms in total. The lowest BCUT2D eigenvalue weighted by atomic mass is 9.73. The zero-order valence-electron chi connectivity index (χ0n) is 29.8. The van der Waals surface area contributed by atoms with Crippen LogP contribution < -0.4 is 0 Å². The highest BCUT2D eigenvalue weighted by Gasteiger charge is 2.32. The molecule has 47 heavy (non-hydrogen) atoms. The third kappa shape index (κ3) is 9.78. The maximum absolute atomic E-state index is 14.6. The number of aromatic hydroxyl groups is 4. The Hall–Kier alpha value is -3.47. The summed E-state index contributed by atoms with van der Waals surface area (Å²) in [6.45, 7) is 20.6. The van der Waals surface area contributed by atoms with Crippen LogP contribution in [0.3, 0.4) is 0 Å². The second kappa shape index (κ2) is 17.6. The third-order valence-electron chi connectivity index (χ3n) is 10.1. The van der Waals surface area contributed by atoms with Gasteiger partial charge >= 0.3 is 0 Å². The first kappa shape index (κ1) is 38.0. The number of aryl methyl sites for hydroxylation is 2. The maximum Gasteiger partial charge on any atom is 0.168 e. The first-order chi connectivity index (χ1) is 22.3. The SMILES string of the molecule is C=C(C)[C@@H]1CCC(C)=CC1c1c(O)cc(CCCCC)c(F)c1O.C=C(C)[C@@H]1CCC(C)=CC1c1c(O)cc(CCCCC)cc1O. The van der Waals surface area contributed by atoms with Crippen molar-refractivity contribution in [2.24, 2.45) is 11.8 Å². The molecule has 0 heterocycles. The van der Waals surface area contributed by atoms with Gasteiger partial charge in [0.15, 0.2) is 11.6 Å². The van der Waals surface area contributed by atoms with E-state index in [2.05, 4.69) is 40.0 Å². The Bertz CT molecular complexity index is 1440. The summed E-state index contributed by atoms with van der Waals surface area (Å²) in [4.78, 5) is 0. The molecular weight excluding hydrogens is 587 g/mol. The van der Waals surface area contributed by atoms with Crippen molar-refractivity contribution in [2.75, 3.05) is 0 Å². The number of unbranched alkanes of at least 4 members (excludes halogenated alkanes) is 4. The molecule has 0 amide bonds. The molecule has 0 bridgehead atoms. The fourth-order valence-electron chi connectivity index (χ4n) is 7.33. The number of phenolic OH excluding ortho intramolecular Hbond substituents is 4. The minimum atomic E-state index is -0.587. The van der Waals surface area contributed by atoms with Crippen LogP contribution in [-0.4, -0.2) is 20.4 Å². The second-order valence-corrected chi connectivity index (χ2v) is 14.2. The van der Waals surface area contributed by atoms with E-state index in [1.54, 1.807) is 0 Å². The van der Waals surface area contributed by atoms with Gasteiger partial charge in [-0.15, -0.1) is 0 Å². The van der Waals surface area contributed by atoms with Crippen LogP contribution in [0.15, 0.2) is 65.8 Å². The average molecular weight is 647 g/mol. The van der Waals surface area contributed by atoms with E-state index in [1.807, 2.05) is 39.0 Å². The number of hydrogen-bond acceptors (Lipinski definition) is 4. The highest BCUT2D eigenvalue weighted by Crippen LogP contribution is 2.48. The molecule has 4 atom stereocenters. The molecule has 0 fully saturated rings. The van der Waals surface area contributed by atoms with Gasteiger partial charge in [-0.25, -0.2) is 4.39 Å². The van der Waals surface area contributed by atoms with E-state index < -0.39 is 11.6 Å². The molecule has 0 spiro atoms. The average Bonchev–Trinajstić information content (AvgIpc) is 3.00. The number of allylic oxidation sites excluding steroid dienone is 6. The summed E-state index contributed by atoms with van der Waals surface area (Å²) >= 11 is 0. The molecule has 2 aromatic carbocycles. The smallest absolute Gasteiger partial charge is 0.168 e. The number of rotatable bonds is 12. The fraction of sp³-hybridized carbons (Fsp3) is 0.524. The highest BCUT2D eigenvalue weighted by atomic mass is 19.1. The van der Waals surface area contributed by atoms with Crippen LogP contribution in [0.2, 0.25) is 0 Å². The van der Waals surface area contributed by atoms with E-state index in [4.69, 9.17) is 0 Å². The Kier molecular flexibility index (Phi) is 14.2. The summed E-state index contributed by atoms with van der Waals surface area (Å²) < 4.78 is 14.6. The molecule has 2 aliphatic rings. The second-order valence-electron chi connectivity index (χ2n) is 14.2. The number of hydrogen-bond donors (Lipinski definition) is 4. The molecule has 0 aliphatic heterocycles. The largest absolute Gasteiger partial charge is 0.507 e. The van der Waals surface area contributed by atoms with Gasteiger partial charge in [0, 0.05) is 23.0 Å². The summed E-state index contributed by atoms with van der Waals surface area (Å²) in [5.41, 5.74) is 7.00. The minimum Gasteiger partial charge on any atom is -0.507 e. The Balaban J connectivity index is 0.000000256. The van der Waals surface area contributed by atoms with Crippen molar-refractivity contribution in [1.29, 1.82) is 0 Å². The summed E-state index contributed by atoms with van der Waals surface area (Å²) in [5.74, 6) is -0.377. The van der Waals surface area contributed by atoms with E-state index >= 15 is 0 Å². The lowest BCUT2D eigenvalue weighted by molar-refractivity contribution is 0.383. The molecule has 4 N–H and O–H groups in total. The van der Waals surface area contributed by atoms with Crippen LogP contribution in [0.4, 0.5) is 4.39 Å². The zero-order valence-corrected chi connectivity index (χ0v) is 29.8. The topological polar surface area (TPSA) is 80.9 Å². The number of halogens is 1. The van der Waals surface area contributed by atoms with Crippen molar-refractivity contribution < 1.29 is 24.8 Å². The Morgan fingerprint density at radius 3 is 1.62 bits per heavy atom. The van der Waals surface area contributed by atoms with Crippen molar-refractivity contribution >= 4 is 0 Å². The van der Waals surface area contributed by atoms with E-state index in [9.17, 15) is 24.8 Å². The van der Waals surface area contributed by atoms with Crippen molar-refractivity contribution in [3.8, 4) is 23.0 Å². The summed E-state index contributed by atoms with van der Waals surface area (Å²) in [5, 5.41) is 42.1. The molecule has 2 aliphatic carbocycles. The van der Waals surface area contributed by atoms with Gasteiger partial charge in [0.25, 0.3) is 0 Å². The molecule has 0 aromatic heterocycles. The molecule has 0 saturated carbocycles. The monoisotopic (exact) mass is 646 g/mol. The molecule has 0 saturated heterocycles. The van der Waals surface area contributed by atoms with E-state index in [0.29, 0.717) is 23.1 Å². The van der Waals surface area contributed by atoms with Crippen LogP contribution in [-0.2, 0) is 12.8 Å². The molecule has 2 aromatic rings. The van der Waals surface area contributed by atoms with Crippen molar-refractivity contribution in [3.63, 3.8) is 0 Å². The van der Waals surface area contributed by atoms with E-state index in [-0.39, 0.29) is 40.9 Å². The van der Waals surface area contributed by atoms with Crippen molar-refractivity contribution in [3.05, 3.63) is 93.9 Å². The number of phenols is 4. The third-order valence-corrected chi connectivity index (χ3v) is 10.1. The quantitative estimate of drug-likeness (QED) is 0.137. The summed E-state index contributed by atoms with van der Waals surface area (Å²) in [7, 11) is 0. The van der Waals surface area contributed by atoms with Gasteiger partial charge < -0.3 is 20.4 Å². The van der Waals surface area contributed by atoms with Gasteiger partial charge in [-0.3, -0.25) is 0 Å². The van der Waals surface area contributed by atoms with Gasteiger partial charge in [0.1, 0.15) is 17.2 Å². The predicted octanol–water partition coefficient (Wildman–Crippen LogP) is 11.8. The van der Waals surface area contributed by atoms with Crippen molar-refractivity contribution in [2.45, 2.75) is 130 Å². The van der Waals surface area contributed by atoms with E-state index in [1.165, 1.54) is 30.1 Å². The van der Waals surface area contributed by atoms with Crippen LogP contribution >= 0.6 is 0 Å². The first-order valence-electron chi connectivity index (χ1n) is 17.7. The van der Waals surface area contributed by atoms with Gasteiger partial charge in [0.2, 0.25) is 0 Å². The first-order valence-corrected chi connectivity index (χ1v) is 17.7. The molecular formula is C42H59FO4. The molecule has 0 radical (unpaired) electrons. The van der Waals surface area contributed by atoms with Crippen LogP contribution in [0.5, 0.6) is 23.0 Å². The Labute approximate surface area is 283 Å². The van der Waals surface area contributed by atoms with Gasteiger partial charge in [-0.2, -0.15) is 0 Å². The lowest BCUT2D eigenvalue weighted by Crippen LogP contribution is -2.17. The minimum absolute atomic E-state index is 0.0115. The van der Waals surface area contributed by atoms with Crippen molar-refractivity contribution in [1.82, 2.24) is 0 Å². The molecule has 2 unspecified atom stereocenters. The molecule has 5 heteroatoms. The van der Waals surface area contributed by atoms with Crippen LogP contribution in [0.25, 0.3) is 0 Å². The lowest BCUT2D eigenvalue weighted by Gasteiger charge is -2.31. The fourth-order valence-corrected chi connectivity index (χ4v) is 7.33. The molecule has 258 valence electrons. The van der Waals surface area contributed by atoms with E-state index in [0.717, 1.165) is 74.5 Å². The molecule has 4 rings (SSSR count). The number of benzene rings is 2. The maximum atomic E-state index is 14.6. The highest BCUT2D eigenvalue weighted by molar-refractivity contribution is 5.53.